The number of rotatable bonds is 10. The van der Waals surface area contributed by atoms with Crippen molar-refractivity contribution in [2.24, 2.45) is 0 Å². The summed E-state index contributed by atoms with van der Waals surface area (Å²) < 4.78 is 61.2. The summed E-state index contributed by atoms with van der Waals surface area (Å²) >= 11 is 0. The van der Waals surface area contributed by atoms with E-state index in [-0.39, 0.29) is 32.7 Å². The van der Waals surface area contributed by atoms with E-state index in [0.29, 0.717) is 0 Å². The molecule has 0 radical (unpaired) electrons. The van der Waals surface area contributed by atoms with Gasteiger partial charge in [0.25, 0.3) is 20.0 Å². The minimum Gasteiger partial charge on any atom is -0.478 e. The second-order valence-electron chi connectivity index (χ2n) is 8.96. The van der Waals surface area contributed by atoms with E-state index in [4.69, 9.17) is 4.74 Å². The number of sulfonamides is 2. The number of nitrogens with one attached hydrogen (secondary N) is 2. The number of carbonyl (C=O) groups is 2. The van der Waals surface area contributed by atoms with Crippen molar-refractivity contribution in [3.8, 4) is 11.5 Å². The van der Waals surface area contributed by atoms with Crippen LogP contribution in [0.25, 0.3) is 0 Å². The van der Waals surface area contributed by atoms with Gasteiger partial charge in [0.2, 0.25) is 0 Å². The Morgan fingerprint density at radius 2 is 0.927 bits per heavy atom. The van der Waals surface area contributed by atoms with E-state index >= 15 is 0 Å². The van der Waals surface area contributed by atoms with Gasteiger partial charge >= 0.3 is 11.9 Å². The molecule has 0 bridgehead atoms. The molecule has 0 aliphatic carbocycles. The van der Waals surface area contributed by atoms with Gasteiger partial charge in [0, 0.05) is 0 Å². The first-order valence-electron chi connectivity index (χ1n) is 11.9. The summed E-state index contributed by atoms with van der Waals surface area (Å²) in [6.07, 6.45) is 0. The maximum absolute atomic E-state index is 12.8. The van der Waals surface area contributed by atoms with Gasteiger partial charge in [0.15, 0.2) is 0 Å². The van der Waals surface area contributed by atoms with Crippen molar-refractivity contribution in [3.63, 3.8) is 0 Å². The number of carboxylic acids is 2. The summed E-state index contributed by atoms with van der Waals surface area (Å²) in [4.78, 5) is 23.7. The smallest absolute Gasteiger partial charge is 0.337 e. The fourth-order valence-electron chi connectivity index (χ4n) is 3.68. The Morgan fingerprint density at radius 3 is 1.24 bits per heavy atom. The third-order valence-electron chi connectivity index (χ3n) is 5.83. The van der Waals surface area contributed by atoms with Gasteiger partial charge in [0.05, 0.1) is 32.3 Å². The standard InChI is InChI=1S/C28H24N2O9S2/c1-17-3-9-21(10-4-17)40(35,36)29-25-13-7-19(15-23(25)27(31)32)39-20-8-14-26(24(16-20)28(33)34)30-41(37,38)22-11-5-18(2)6-12-22/h3-16,29-30H,1-2H3,(H,31,32)(H,33,34). The van der Waals surface area contributed by atoms with Gasteiger partial charge in [-0.3, -0.25) is 9.44 Å². The summed E-state index contributed by atoms with van der Waals surface area (Å²) in [6, 6.07) is 19.1. The lowest BCUT2D eigenvalue weighted by atomic mass is 10.1. The second kappa shape index (κ2) is 11.3. The molecule has 0 heterocycles. The van der Waals surface area contributed by atoms with Gasteiger partial charge in [-0.15, -0.1) is 0 Å². The topological polar surface area (TPSA) is 176 Å². The largest absolute Gasteiger partial charge is 0.478 e. The van der Waals surface area contributed by atoms with E-state index in [0.717, 1.165) is 23.3 Å². The molecule has 0 aliphatic rings. The van der Waals surface area contributed by atoms with Crippen LogP contribution in [0, 0.1) is 13.8 Å². The highest BCUT2D eigenvalue weighted by atomic mass is 32.2. The molecule has 4 aromatic carbocycles. The highest BCUT2D eigenvalue weighted by molar-refractivity contribution is 7.93. The molecular formula is C28H24N2O9S2. The van der Waals surface area contributed by atoms with Crippen molar-refractivity contribution in [3.05, 3.63) is 107 Å². The second-order valence-corrected chi connectivity index (χ2v) is 12.3. The summed E-state index contributed by atoms with van der Waals surface area (Å²) in [5, 5.41) is 19.4. The maximum atomic E-state index is 12.8. The number of aromatic carboxylic acids is 2. The van der Waals surface area contributed by atoms with Crippen molar-refractivity contribution in [2.75, 3.05) is 9.44 Å². The van der Waals surface area contributed by atoms with Crippen molar-refractivity contribution in [2.45, 2.75) is 23.6 Å². The molecule has 4 N–H and O–H groups in total. The minimum atomic E-state index is -4.09. The lowest BCUT2D eigenvalue weighted by Crippen LogP contribution is -2.16. The van der Waals surface area contributed by atoms with Crippen LogP contribution < -0.4 is 14.2 Å². The number of benzene rings is 4. The van der Waals surface area contributed by atoms with Gasteiger partial charge in [-0.05, 0) is 74.5 Å². The fraction of sp³-hybridized carbons (Fsp3) is 0.0714. The van der Waals surface area contributed by atoms with Crippen molar-refractivity contribution in [1.29, 1.82) is 0 Å². The molecule has 0 amide bonds. The Hall–Kier alpha value is -4.88. The number of aryl methyl sites for hydroxylation is 2. The van der Waals surface area contributed by atoms with Crippen LogP contribution in [0.15, 0.2) is 94.7 Å². The van der Waals surface area contributed by atoms with E-state index in [1.807, 2.05) is 0 Å². The molecule has 0 fully saturated rings. The molecule has 13 heteroatoms. The molecule has 41 heavy (non-hydrogen) atoms. The highest BCUT2D eigenvalue weighted by Crippen LogP contribution is 2.31. The molecule has 0 aliphatic heterocycles. The van der Waals surface area contributed by atoms with Crippen molar-refractivity contribution < 1.29 is 41.4 Å². The monoisotopic (exact) mass is 596 g/mol. The van der Waals surface area contributed by atoms with Crippen LogP contribution in [0.5, 0.6) is 11.5 Å². The average Bonchev–Trinajstić information content (AvgIpc) is 2.90. The zero-order valence-electron chi connectivity index (χ0n) is 21.7. The molecule has 0 saturated heterocycles. The number of ether oxygens (including phenoxy) is 1. The highest BCUT2D eigenvalue weighted by Gasteiger charge is 2.21. The van der Waals surface area contributed by atoms with E-state index in [1.165, 1.54) is 48.5 Å². The van der Waals surface area contributed by atoms with Crippen LogP contribution in [0.2, 0.25) is 0 Å². The predicted octanol–water partition coefficient (Wildman–Crippen LogP) is 5.09. The van der Waals surface area contributed by atoms with Crippen LogP contribution in [0.4, 0.5) is 11.4 Å². The normalized spacial score (nSPS) is 11.5. The SMILES string of the molecule is Cc1ccc(S(=O)(=O)Nc2ccc(Oc3ccc(NS(=O)(=O)c4ccc(C)cc4)c(C(=O)O)c3)cc2C(=O)O)cc1. The fourth-order valence-corrected chi connectivity index (χ4v) is 5.84. The van der Waals surface area contributed by atoms with E-state index in [1.54, 1.807) is 38.1 Å². The first-order valence-corrected chi connectivity index (χ1v) is 14.8. The Bertz CT molecular complexity index is 1710. The zero-order valence-corrected chi connectivity index (χ0v) is 23.3. The first-order chi connectivity index (χ1) is 19.2. The predicted molar refractivity (Wildman–Crippen MR) is 151 cm³/mol. The van der Waals surface area contributed by atoms with Crippen LogP contribution >= 0.6 is 0 Å². The molecule has 0 unspecified atom stereocenters. The Labute approximate surface area is 236 Å². The molecule has 0 aromatic heterocycles. The summed E-state index contributed by atoms with van der Waals surface area (Å²) in [7, 11) is -8.18. The molecular weight excluding hydrogens is 572 g/mol. The Balaban J connectivity index is 1.60. The van der Waals surface area contributed by atoms with Gasteiger partial charge < -0.3 is 14.9 Å². The third-order valence-corrected chi connectivity index (χ3v) is 8.59. The van der Waals surface area contributed by atoms with Crippen LogP contribution in [-0.2, 0) is 20.0 Å². The molecule has 0 saturated carbocycles. The lowest BCUT2D eigenvalue weighted by Gasteiger charge is -2.14. The Kier molecular flexibility index (Phi) is 8.03. The van der Waals surface area contributed by atoms with Gasteiger partial charge in [-0.1, -0.05) is 35.4 Å². The van der Waals surface area contributed by atoms with Crippen molar-refractivity contribution >= 4 is 43.4 Å². The first kappa shape index (κ1) is 29.1. The van der Waals surface area contributed by atoms with Gasteiger partial charge in [-0.25, -0.2) is 26.4 Å². The van der Waals surface area contributed by atoms with E-state index < -0.39 is 43.1 Å². The summed E-state index contributed by atoms with van der Waals surface area (Å²) in [5.41, 5.74) is 0.437. The van der Waals surface area contributed by atoms with Crippen LogP contribution in [0.1, 0.15) is 31.8 Å². The number of carboxylic acid groups (broad SMARTS) is 2. The Morgan fingerprint density at radius 1 is 0.585 bits per heavy atom. The van der Waals surface area contributed by atoms with E-state index in [2.05, 4.69) is 9.44 Å². The zero-order chi connectivity index (χ0) is 29.9. The van der Waals surface area contributed by atoms with E-state index in [9.17, 15) is 36.6 Å². The number of hydrogen-bond acceptors (Lipinski definition) is 7. The minimum absolute atomic E-state index is 0.0370. The molecule has 212 valence electrons. The van der Waals surface area contributed by atoms with Crippen molar-refractivity contribution in [1.82, 2.24) is 0 Å². The molecule has 4 aromatic rings. The number of hydrogen-bond donors (Lipinski definition) is 4. The molecule has 11 nitrogen and oxygen atoms in total. The third kappa shape index (κ3) is 6.83. The van der Waals surface area contributed by atoms with Crippen LogP contribution in [-0.4, -0.2) is 39.0 Å². The summed E-state index contributed by atoms with van der Waals surface area (Å²) in [6.45, 7) is 3.59. The molecule has 0 spiro atoms. The summed E-state index contributed by atoms with van der Waals surface area (Å²) in [5.74, 6) is -2.96. The average molecular weight is 597 g/mol. The maximum Gasteiger partial charge on any atom is 0.337 e. The molecule has 4 rings (SSSR count). The van der Waals surface area contributed by atoms with Crippen LogP contribution in [0.3, 0.4) is 0 Å². The molecule has 0 atom stereocenters. The lowest BCUT2D eigenvalue weighted by molar-refractivity contribution is 0.0687. The van der Waals surface area contributed by atoms with Gasteiger partial charge in [-0.2, -0.15) is 0 Å². The van der Waals surface area contributed by atoms with Gasteiger partial charge in [0.1, 0.15) is 11.5 Å². The quantitative estimate of drug-likeness (QED) is 0.194. The number of anilines is 2.